The molecule has 0 aliphatic carbocycles. The number of carbonyl (C=O) groups excluding carboxylic acids is 1. The lowest BCUT2D eigenvalue weighted by Crippen LogP contribution is -2.23. The largest absolute Gasteiger partial charge is 0.423 e. The van der Waals surface area contributed by atoms with Crippen LogP contribution in [0, 0.1) is 6.92 Å². The molecule has 0 radical (unpaired) electrons. The molecule has 0 aliphatic heterocycles. The van der Waals surface area contributed by atoms with E-state index in [4.69, 9.17) is 16.0 Å². The van der Waals surface area contributed by atoms with Gasteiger partial charge in [0.15, 0.2) is 0 Å². The number of aryl methyl sites for hydroxylation is 1. The number of carbonyl (C=O) groups is 1. The van der Waals surface area contributed by atoms with Crippen LogP contribution in [0.5, 0.6) is 0 Å². The van der Waals surface area contributed by atoms with Crippen LogP contribution in [-0.2, 0) is 12.0 Å². The van der Waals surface area contributed by atoms with Crippen LogP contribution in [0.25, 0.3) is 11.0 Å². The second-order valence-electron chi connectivity index (χ2n) is 7.70. The Balaban J connectivity index is 1.83. The van der Waals surface area contributed by atoms with Crippen LogP contribution >= 0.6 is 11.6 Å². The van der Waals surface area contributed by atoms with Crippen molar-refractivity contribution in [3.05, 3.63) is 80.2 Å². The van der Waals surface area contributed by atoms with Crippen LogP contribution in [0.4, 0.5) is 0 Å². The summed E-state index contributed by atoms with van der Waals surface area (Å²) in [5, 5.41) is 4.17. The van der Waals surface area contributed by atoms with Crippen LogP contribution in [0.15, 0.2) is 51.7 Å². The first-order valence-corrected chi connectivity index (χ1v) is 9.14. The number of rotatable bonds is 3. The van der Waals surface area contributed by atoms with Gasteiger partial charge in [0.1, 0.15) is 5.58 Å². The Labute approximate surface area is 163 Å². The quantitative estimate of drug-likeness (QED) is 0.648. The number of fused-ring (bicyclic) bond motifs is 1. The van der Waals surface area contributed by atoms with E-state index in [0.717, 1.165) is 11.1 Å². The summed E-state index contributed by atoms with van der Waals surface area (Å²) < 4.78 is 5.25. The maximum atomic E-state index is 12.5. The third-order valence-electron chi connectivity index (χ3n) is 4.56. The molecule has 0 saturated heterocycles. The fraction of sp³-hybridized carbons (Fsp3) is 0.273. The average molecular weight is 384 g/mol. The summed E-state index contributed by atoms with van der Waals surface area (Å²) in [6, 6.07) is 12.4. The molecule has 0 aliphatic rings. The molecule has 3 rings (SSSR count). The number of halogens is 1. The van der Waals surface area contributed by atoms with Crippen molar-refractivity contribution in [1.82, 2.24) is 5.32 Å². The van der Waals surface area contributed by atoms with E-state index in [-0.39, 0.29) is 17.9 Å². The summed E-state index contributed by atoms with van der Waals surface area (Å²) in [4.78, 5) is 24.3. The molecule has 1 amide bonds. The molecule has 0 spiro atoms. The van der Waals surface area contributed by atoms with Crippen LogP contribution in [-0.4, -0.2) is 5.91 Å². The van der Waals surface area contributed by atoms with Crippen molar-refractivity contribution in [2.45, 2.75) is 39.7 Å². The van der Waals surface area contributed by atoms with Gasteiger partial charge in [-0.05, 0) is 53.3 Å². The highest BCUT2D eigenvalue weighted by Crippen LogP contribution is 2.25. The zero-order valence-corrected chi connectivity index (χ0v) is 16.6. The lowest BCUT2D eigenvalue weighted by atomic mass is 9.87. The molecule has 4 nitrogen and oxygen atoms in total. The normalized spacial score (nSPS) is 11.6. The van der Waals surface area contributed by atoms with Crippen molar-refractivity contribution < 1.29 is 9.21 Å². The van der Waals surface area contributed by atoms with Gasteiger partial charge in [-0.3, -0.25) is 4.79 Å². The lowest BCUT2D eigenvalue weighted by Gasteiger charge is -2.19. The third kappa shape index (κ3) is 4.22. The van der Waals surface area contributed by atoms with Crippen LogP contribution in [0.1, 0.15) is 47.8 Å². The van der Waals surface area contributed by atoms with E-state index in [0.29, 0.717) is 27.1 Å². The van der Waals surface area contributed by atoms with Gasteiger partial charge in [-0.2, -0.15) is 0 Å². The molecule has 0 fully saturated rings. The first-order valence-electron chi connectivity index (χ1n) is 8.77. The minimum atomic E-state index is -0.456. The van der Waals surface area contributed by atoms with Gasteiger partial charge in [-0.25, -0.2) is 4.79 Å². The average Bonchev–Trinajstić information content (AvgIpc) is 2.60. The lowest BCUT2D eigenvalue weighted by molar-refractivity contribution is 0.0951. The maximum absolute atomic E-state index is 12.5. The van der Waals surface area contributed by atoms with Gasteiger partial charge in [0, 0.05) is 28.6 Å². The minimum absolute atomic E-state index is 0.0311. The van der Waals surface area contributed by atoms with Crippen molar-refractivity contribution in [3.63, 3.8) is 0 Å². The Hall–Kier alpha value is -2.59. The van der Waals surface area contributed by atoms with E-state index >= 15 is 0 Å². The second kappa shape index (κ2) is 7.20. The third-order valence-corrected chi connectivity index (χ3v) is 4.97. The van der Waals surface area contributed by atoms with Gasteiger partial charge in [-0.1, -0.05) is 44.5 Å². The second-order valence-corrected chi connectivity index (χ2v) is 8.11. The van der Waals surface area contributed by atoms with Gasteiger partial charge in [0.25, 0.3) is 5.91 Å². The molecule has 1 N–H and O–H groups in total. The van der Waals surface area contributed by atoms with E-state index in [2.05, 4.69) is 26.1 Å². The fourth-order valence-electron chi connectivity index (χ4n) is 2.89. The molecule has 0 bridgehead atoms. The Kier molecular flexibility index (Phi) is 5.11. The molecule has 0 unspecified atom stereocenters. The number of hydrogen-bond acceptors (Lipinski definition) is 3. The molecule has 3 aromatic rings. The Bertz CT molecular complexity index is 1060. The summed E-state index contributed by atoms with van der Waals surface area (Å²) in [6.45, 7) is 8.43. The van der Waals surface area contributed by atoms with Crippen LogP contribution in [0.3, 0.4) is 0 Å². The summed E-state index contributed by atoms with van der Waals surface area (Å²) in [5.74, 6) is -0.199. The van der Waals surface area contributed by atoms with E-state index in [1.54, 1.807) is 12.1 Å². The number of hydrogen-bond donors (Lipinski definition) is 1. The van der Waals surface area contributed by atoms with Crippen molar-refractivity contribution in [2.75, 3.05) is 0 Å². The molecular formula is C22H22ClNO3. The number of amides is 1. The molecule has 2 aromatic carbocycles. The SMILES string of the molecule is Cc1cc2oc(=O)cc(CNC(=O)c3ccc(C(C)(C)C)cc3)c2cc1Cl. The fourth-order valence-corrected chi connectivity index (χ4v) is 3.06. The monoisotopic (exact) mass is 383 g/mol. The summed E-state index contributed by atoms with van der Waals surface area (Å²) in [5.41, 5.74) is 3.27. The Morgan fingerprint density at radius 2 is 1.78 bits per heavy atom. The van der Waals surface area contributed by atoms with Gasteiger partial charge < -0.3 is 9.73 Å². The van der Waals surface area contributed by atoms with Gasteiger partial charge >= 0.3 is 5.63 Å². The van der Waals surface area contributed by atoms with Crippen molar-refractivity contribution in [1.29, 1.82) is 0 Å². The predicted molar refractivity (Wildman–Crippen MR) is 109 cm³/mol. The molecule has 0 saturated carbocycles. The van der Waals surface area contributed by atoms with Crippen LogP contribution in [0.2, 0.25) is 5.02 Å². The van der Waals surface area contributed by atoms with Gasteiger partial charge in [0.05, 0.1) is 0 Å². The molecule has 27 heavy (non-hydrogen) atoms. The molecule has 5 heteroatoms. The minimum Gasteiger partial charge on any atom is -0.423 e. The summed E-state index contributed by atoms with van der Waals surface area (Å²) in [6.07, 6.45) is 0. The first-order chi connectivity index (χ1) is 12.6. The van der Waals surface area contributed by atoms with E-state index in [1.807, 2.05) is 31.2 Å². The van der Waals surface area contributed by atoms with Crippen molar-refractivity contribution in [3.8, 4) is 0 Å². The van der Waals surface area contributed by atoms with E-state index in [1.165, 1.54) is 6.07 Å². The molecule has 1 aromatic heterocycles. The van der Waals surface area contributed by atoms with Crippen LogP contribution < -0.4 is 10.9 Å². The van der Waals surface area contributed by atoms with Gasteiger partial charge in [0.2, 0.25) is 0 Å². The standard InChI is InChI=1S/C22H22ClNO3/c1-13-9-19-17(11-18(13)23)15(10-20(25)27-19)12-24-21(26)14-5-7-16(8-6-14)22(2,3)4/h5-11H,12H2,1-4H3,(H,24,26). The highest BCUT2D eigenvalue weighted by molar-refractivity contribution is 6.32. The van der Waals surface area contributed by atoms with E-state index < -0.39 is 5.63 Å². The topological polar surface area (TPSA) is 59.3 Å². The van der Waals surface area contributed by atoms with E-state index in [9.17, 15) is 9.59 Å². The highest BCUT2D eigenvalue weighted by atomic mass is 35.5. The zero-order valence-electron chi connectivity index (χ0n) is 15.9. The van der Waals surface area contributed by atoms with Crippen molar-refractivity contribution >= 4 is 28.5 Å². The maximum Gasteiger partial charge on any atom is 0.336 e. The zero-order chi connectivity index (χ0) is 19.8. The molecule has 1 heterocycles. The number of nitrogens with one attached hydrogen (secondary N) is 1. The van der Waals surface area contributed by atoms with Crippen molar-refractivity contribution in [2.24, 2.45) is 0 Å². The number of benzene rings is 2. The molecule has 140 valence electrons. The first kappa shape index (κ1) is 19.2. The smallest absolute Gasteiger partial charge is 0.336 e. The summed E-state index contributed by atoms with van der Waals surface area (Å²) >= 11 is 6.20. The summed E-state index contributed by atoms with van der Waals surface area (Å²) in [7, 11) is 0. The highest BCUT2D eigenvalue weighted by Gasteiger charge is 2.15. The Morgan fingerprint density at radius 3 is 2.41 bits per heavy atom. The Morgan fingerprint density at radius 1 is 1.11 bits per heavy atom. The predicted octanol–water partition coefficient (Wildman–Crippen LogP) is 4.98. The molecular weight excluding hydrogens is 362 g/mol. The molecule has 0 atom stereocenters. The van der Waals surface area contributed by atoms with Gasteiger partial charge in [-0.15, -0.1) is 0 Å².